The normalized spacial score (nSPS) is 20.3. The second kappa shape index (κ2) is 9.87. The van der Waals surface area contributed by atoms with Crippen LogP contribution in [0.3, 0.4) is 0 Å². The van der Waals surface area contributed by atoms with Gasteiger partial charge in [-0.3, -0.25) is 14.5 Å². The second-order valence-electron chi connectivity index (χ2n) is 7.13. The largest absolute Gasteiger partial charge is 0.477 e. The number of hydrogen-bond acceptors (Lipinski definition) is 10. The number of aliphatic carboxylic acids is 1. The second-order valence-corrected chi connectivity index (χ2v) is 10.1. The number of amides is 2. The molecule has 2 aliphatic heterocycles. The summed E-state index contributed by atoms with van der Waals surface area (Å²) in [7, 11) is 1.91. The van der Waals surface area contributed by atoms with Crippen molar-refractivity contribution in [2.24, 2.45) is 12.2 Å². The van der Waals surface area contributed by atoms with Gasteiger partial charge in [-0.15, -0.1) is 23.1 Å². The van der Waals surface area contributed by atoms with Gasteiger partial charge in [0.1, 0.15) is 29.9 Å². The molecule has 0 unspecified atom stereocenters. The van der Waals surface area contributed by atoms with Crippen LogP contribution in [0.4, 0.5) is 5.13 Å². The fraction of sp³-hybridized carbons (Fsp3) is 0.200. The number of carboxylic acid groups (broad SMARTS) is 1. The monoisotopic (exact) mass is 519 g/mol. The fourth-order valence-electron chi connectivity index (χ4n) is 3.41. The number of thioether (sulfide) groups is 2. The summed E-state index contributed by atoms with van der Waals surface area (Å²) >= 11 is 3.82. The highest BCUT2D eigenvalue weighted by Crippen LogP contribution is 2.41. The molecular weight excluding hydrogens is 500 g/mol. The van der Waals surface area contributed by atoms with E-state index in [0.29, 0.717) is 11.3 Å². The maximum Gasteiger partial charge on any atom is 0.352 e. The number of rotatable bonds is 7. The Morgan fingerprint density at radius 2 is 2.24 bits per heavy atom. The topological polar surface area (TPSA) is 162 Å². The molecule has 2 aliphatic rings. The highest BCUT2D eigenvalue weighted by atomic mass is 32.2. The number of carboxylic acids is 1. The summed E-state index contributed by atoms with van der Waals surface area (Å²) in [5, 5.41) is 28.3. The lowest BCUT2D eigenvalue weighted by atomic mass is 10.0. The van der Waals surface area contributed by atoms with Crippen LogP contribution in [-0.4, -0.2) is 60.9 Å². The van der Waals surface area contributed by atoms with Crippen LogP contribution in [0.1, 0.15) is 5.69 Å². The summed E-state index contributed by atoms with van der Waals surface area (Å²) in [4.78, 5) is 42.5. The SMILES string of the molecule is C[n+]1ccccc1S/C=C/C1=C(C(=O)O)N2C(=O)[C@@H](NC(=O)/C(=N/O)c3csc(N)n3)[C@H]2SC1. The van der Waals surface area contributed by atoms with E-state index >= 15 is 0 Å². The summed E-state index contributed by atoms with van der Waals surface area (Å²) in [6.07, 6.45) is 3.59. The molecule has 2 atom stereocenters. The number of aryl methyl sites for hydroxylation is 1. The van der Waals surface area contributed by atoms with Gasteiger partial charge in [-0.25, -0.2) is 9.78 Å². The van der Waals surface area contributed by atoms with Crippen molar-refractivity contribution >= 4 is 63.5 Å². The van der Waals surface area contributed by atoms with Crippen molar-refractivity contribution in [2.45, 2.75) is 16.4 Å². The van der Waals surface area contributed by atoms with Crippen LogP contribution in [0.5, 0.6) is 0 Å². The molecule has 0 spiro atoms. The Balaban J connectivity index is 1.49. The molecule has 2 aromatic heterocycles. The predicted molar refractivity (Wildman–Crippen MR) is 127 cm³/mol. The third-order valence-electron chi connectivity index (χ3n) is 5.03. The van der Waals surface area contributed by atoms with Crippen LogP contribution in [0, 0.1) is 0 Å². The van der Waals surface area contributed by atoms with E-state index in [-0.39, 0.29) is 22.2 Å². The average molecular weight is 520 g/mol. The minimum atomic E-state index is -1.23. The number of aromatic nitrogens is 2. The molecule has 0 bridgehead atoms. The number of oxime groups is 1. The Hall–Kier alpha value is -3.36. The van der Waals surface area contributed by atoms with E-state index < -0.39 is 29.2 Å². The Morgan fingerprint density at radius 3 is 2.88 bits per heavy atom. The van der Waals surface area contributed by atoms with Gasteiger partial charge in [-0.05, 0) is 34.9 Å². The molecule has 4 rings (SSSR count). The summed E-state index contributed by atoms with van der Waals surface area (Å²) in [6.45, 7) is 0. The number of thiazole rings is 1. The molecule has 11 nitrogen and oxygen atoms in total. The maximum atomic E-state index is 12.8. The Kier molecular flexibility index (Phi) is 6.90. The number of fused-ring (bicyclic) bond motifs is 1. The number of pyridine rings is 1. The predicted octanol–water partition coefficient (Wildman–Crippen LogP) is 0.773. The van der Waals surface area contributed by atoms with Gasteiger partial charge >= 0.3 is 5.97 Å². The maximum absolute atomic E-state index is 12.8. The van der Waals surface area contributed by atoms with Gasteiger partial charge in [0.2, 0.25) is 5.03 Å². The van der Waals surface area contributed by atoms with E-state index in [1.54, 1.807) is 11.5 Å². The minimum absolute atomic E-state index is 0.0743. The van der Waals surface area contributed by atoms with Gasteiger partial charge in [0.15, 0.2) is 17.0 Å². The zero-order valence-electron chi connectivity index (χ0n) is 17.6. The highest BCUT2D eigenvalue weighted by Gasteiger charge is 2.54. The molecule has 2 amide bonds. The molecule has 2 aromatic rings. The van der Waals surface area contributed by atoms with Crippen molar-refractivity contribution in [2.75, 3.05) is 11.5 Å². The van der Waals surface area contributed by atoms with Crippen molar-refractivity contribution < 1.29 is 29.3 Å². The van der Waals surface area contributed by atoms with Crippen LogP contribution in [0.2, 0.25) is 0 Å². The van der Waals surface area contributed by atoms with Gasteiger partial charge in [-0.2, -0.15) is 4.57 Å². The first-order valence-corrected chi connectivity index (χ1v) is 12.6. The third kappa shape index (κ3) is 4.51. The lowest BCUT2D eigenvalue weighted by molar-refractivity contribution is -0.708. The fourth-order valence-corrected chi connectivity index (χ4v) is 6.03. The van der Waals surface area contributed by atoms with Crippen LogP contribution in [0.15, 0.2) is 62.7 Å². The molecule has 176 valence electrons. The van der Waals surface area contributed by atoms with Crippen LogP contribution in [-0.2, 0) is 21.4 Å². The quantitative estimate of drug-likeness (QED) is 0.103. The number of nitrogens with two attached hydrogens (primary N) is 1. The molecule has 0 aliphatic carbocycles. The first-order chi connectivity index (χ1) is 16.3. The summed E-state index contributed by atoms with van der Waals surface area (Å²) in [5.41, 5.74) is 5.63. The molecule has 34 heavy (non-hydrogen) atoms. The Morgan fingerprint density at radius 1 is 1.44 bits per heavy atom. The number of anilines is 1. The minimum Gasteiger partial charge on any atom is -0.477 e. The average Bonchev–Trinajstić information content (AvgIpc) is 3.24. The first kappa shape index (κ1) is 23.8. The molecule has 5 N–H and O–H groups in total. The zero-order valence-corrected chi connectivity index (χ0v) is 20.1. The van der Waals surface area contributed by atoms with Gasteiger partial charge in [0.05, 0.1) is 0 Å². The Labute approximate surface area is 206 Å². The standard InChI is InChI=1S/C20H18N6O5S3/c1-25-6-3-2-4-12(25)32-7-5-10-8-33-18-14(17(28)26(18)15(10)19(29)30)23-16(27)13(24-31)11-9-34-20(21)22-11/h2-7,9,14,18H,8H2,1H3,(H4-,21,22,23,27,29,30,31)/p+1/b7-5+/t14-,18-/m1/s1. The first-order valence-electron chi connectivity index (χ1n) is 9.75. The number of nitrogens with zero attached hydrogens (tertiary/aromatic N) is 4. The number of hydrogen-bond donors (Lipinski definition) is 4. The number of nitrogen functional groups attached to an aromatic ring is 1. The smallest absolute Gasteiger partial charge is 0.352 e. The summed E-state index contributed by atoms with van der Waals surface area (Å²) in [5.74, 6) is -2.27. The molecule has 0 aromatic carbocycles. The van der Waals surface area contributed by atoms with Crippen LogP contribution in [0.25, 0.3) is 0 Å². The van der Waals surface area contributed by atoms with Gasteiger partial charge in [-0.1, -0.05) is 5.16 Å². The van der Waals surface area contributed by atoms with Gasteiger partial charge in [0.25, 0.3) is 11.8 Å². The Bertz CT molecular complexity index is 1260. The summed E-state index contributed by atoms with van der Waals surface area (Å²) in [6, 6.07) is 4.78. The molecule has 1 saturated heterocycles. The van der Waals surface area contributed by atoms with Crippen molar-refractivity contribution in [3.8, 4) is 0 Å². The molecule has 14 heteroatoms. The molecule has 0 radical (unpaired) electrons. The number of allylic oxidation sites excluding steroid dienone is 1. The van der Waals surface area contributed by atoms with Crippen molar-refractivity contribution in [1.82, 2.24) is 15.2 Å². The van der Waals surface area contributed by atoms with E-state index in [0.717, 1.165) is 16.4 Å². The van der Waals surface area contributed by atoms with Crippen molar-refractivity contribution in [3.05, 3.63) is 58.2 Å². The van der Waals surface area contributed by atoms with Crippen LogP contribution < -0.4 is 15.6 Å². The number of carbonyl (C=O) groups is 3. The lowest BCUT2D eigenvalue weighted by Gasteiger charge is -2.49. The van der Waals surface area contributed by atoms with Crippen molar-refractivity contribution in [3.63, 3.8) is 0 Å². The third-order valence-corrected chi connectivity index (χ3v) is 7.95. The van der Waals surface area contributed by atoms with E-state index in [1.165, 1.54) is 33.8 Å². The van der Waals surface area contributed by atoms with E-state index in [9.17, 15) is 24.7 Å². The van der Waals surface area contributed by atoms with E-state index in [1.807, 2.05) is 36.0 Å². The van der Waals surface area contributed by atoms with Crippen LogP contribution >= 0.6 is 34.9 Å². The molecule has 4 heterocycles. The van der Waals surface area contributed by atoms with Crippen molar-refractivity contribution in [1.29, 1.82) is 0 Å². The van der Waals surface area contributed by atoms with Gasteiger partial charge in [0, 0.05) is 23.3 Å². The lowest BCUT2D eigenvalue weighted by Crippen LogP contribution is -2.71. The number of β-lactam (4-membered cyclic amide) rings is 1. The molecular formula is C20H19N6O5S3+. The van der Waals surface area contributed by atoms with Gasteiger partial charge < -0.3 is 21.4 Å². The van der Waals surface area contributed by atoms with E-state index in [4.69, 9.17) is 5.73 Å². The number of nitrogens with one attached hydrogen (secondary N) is 1. The highest BCUT2D eigenvalue weighted by molar-refractivity contribution is 8.02. The zero-order chi connectivity index (χ0) is 24.4. The number of carbonyl (C=O) groups excluding carboxylic acids is 2. The molecule has 0 saturated carbocycles. The summed E-state index contributed by atoms with van der Waals surface area (Å²) < 4.78 is 1.93. The molecule has 1 fully saturated rings. The van der Waals surface area contributed by atoms with E-state index in [2.05, 4.69) is 15.5 Å².